The largest absolute Gasteiger partial charge is 0.325 e. The van der Waals surface area contributed by atoms with Crippen molar-refractivity contribution in [1.82, 2.24) is 0 Å². The number of rotatable bonds is 3. The van der Waals surface area contributed by atoms with Crippen molar-refractivity contribution in [3.8, 4) is 0 Å². The molecule has 0 spiro atoms. The molecule has 1 heterocycles. The number of carbonyl (C=O) groups excluding carboxylic acids is 1. The molecule has 17 heavy (non-hydrogen) atoms. The summed E-state index contributed by atoms with van der Waals surface area (Å²) in [6.45, 7) is 4.28. The van der Waals surface area contributed by atoms with Crippen LogP contribution in [0, 0.1) is 0 Å². The van der Waals surface area contributed by atoms with E-state index in [-0.39, 0.29) is 11.9 Å². The van der Waals surface area contributed by atoms with Gasteiger partial charge in [0.2, 0.25) is 0 Å². The molecule has 3 heteroatoms. The number of likely N-dealkylation sites (tertiary alicyclic amines) is 1. The van der Waals surface area contributed by atoms with Gasteiger partial charge in [0, 0.05) is 5.69 Å². The summed E-state index contributed by atoms with van der Waals surface area (Å²) < 4.78 is 0. The number of quaternary nitrogens is 1. The second kappa shape index (κ2) is 5.82. The Bertz CT molecular complexity index is 358. The molecule has 0 unspecified atom stereocenters. The standard InChI is InChI=1S/C14H20N2O/c1-12(16-10-6-3-7-11-16)14(17)15-13-8-4-2-5-9-13/h2,4-5,8-9,12H,3,6-7,10-11H2,1H3,(H,15,17)/p+1/t12-/m1/s1. The first-order valence-electron chi connectivity index (χ1n) is 6.48. The van der Waals surface area contributed by atoms with E-state index in [9.17, 15) is 4.79 Å². The van der Waals surface area contributed by atoms with Crippen LogP contribution in [0.3, 0.4) is 0 Å². The third-order valence-electron chi connectivity index (χ3n) is 3.54. The van der Waals surface area contributed by atoms with Crippen LogP contribution in [0.2, 0.25) is 0 Å². The third kappa shape index (κ3) is 3.30. The lowest BCUT2D eigenvalue weighted by molar-refractivity contribution is -0.918. The van der Waals surface area contributed by atoms with Crippen LogP contribution in [-0.2, 0) is 4.79 Å². The van der Waals surface area contributed by atoms with E-state index in [0.717, 1.165) is 18.8 Å². The fraction of sp³-hybridized carbons (Fsp3) is 0.500. The van der Waals surface area contributed by atoms with E-state index in [1.165, 1.54) is 24.2 Å². The molecule has 1 fully saturated rings. The molecule has 2 N–H and O–H groups in total. The van der Waals surface area contributed by atoms with Gasteiger partial charge in [0.05, 0.1) is 13.1 Å². The lowest BCUT2D eigenvalue weighted by atomic mass is 10.1. The molecule has 1 saturated heterocycles. The molecule has 0 bridgehead atoms. The lowest BCUT2D eigenvalue weighted by Crippen LogP contribution is -3.17. The van der Waals surface area contributed by atoms with Crippen LogP contribution in [0.5, 0.6) is 0 Å². The highest BCUT2D eigenvalue weighted by atomic mass is 16.2. The van der Waals surface area contributed by atoms with Crippen LogP contribution < -0.4 is 10.2 Å². The molecular weight excluding hydrogens is 212 g/mol. The van der Waals surface area contributed by atoms with Crippen LogP contribution in [0.25, 0.3) is 0 Å². The van der Waals surface area contributed by atoms with Gasteiger partial charge >= 0.3 is 0 Å². The molecule has 2 rings (SSSR count). The molecule has 0 aliphatic carbocycles. The van der Waals surface area contributed by atoms with E-state index in [4.69, 9.17) is 0 Å². The van der Waals surface area contributed by atoms with E-state index in [2.05, 4.69) is 5.32 Å². The summed E-state index contributed by atoms with van der Waals surface area (Å²) in [5.74, 6) is 0.133. The average molecular weight is 233 g/mol. The molecule has 0 radical (unpaired) electrons. The maximum atomic E-state index is 12.1. The zero-order valence-electron chi connectivity index (χ0n) is 10.4. The minimum absolute atomic E-state index is 0.0514. The van der Waals surface area contributed by atoms with Gasteiger partial charge in [-0.15, -0.1) is 0 Å². The van der Waals surface area contributed by atoms with E-state index in [0.29, 0.717) is 0 Å². The Kier molecular flexibility index (Phi) is 4.15. The minimum Gasteiger partial charge on any atom is -0.325 e. The van der Waals surface area contributed by atoms with Crippen molar-refractivity contribution in [2.75, 3.05) is 18.4 Å². The van der Waals surface area contributed by atoms with E-state index >= 15 is 0 Å². The number of hydrogen-bond donors (Lipinski definition) is 2. The van der Waals surface area contributed by atoms with Crippen molar-refractivity contribution in [2.45, 2.75) is 32.2 Å². The fourth-order valence-corrected chi connectivity index (χ4v) is 2.40. The lowest BCUT2D eigenvalue weighted by Gasteiger charge is -2.28. The number of piperidine rings is 1. The van der Waals surface area contributed by atoms with E-state index in [1.807, 2.05) is 37.3 Å². The predicted molar refractivity (Wildman–Crippen MR) is 69.1 cm³/mol. The molecule has 0 saturated carbocycles. The first-order chi connectivity index (χ1) is 8.27. The number of hydrogen-bond acceptors (Lipinski definition) is 1. The molecule has 1 aromatic rings. The molecule has 92 valence electrons. The highest BCUT2D eigenvalue weighted by molar-refractivity contribution is 5.93. The predicted octanol–water partition coefficient (Wildman–Crippen LogP) is 1.08. The zero-order valence-corrected chi connectivity index (χ0v) is 10.4. The molecule has 1 atom stereocenters. The summed E-state index contributed by atoms with van der Waals surface area (Å²) >= 11 is 0. The molecule has 1 aliphatic heterocycles. The van der Waals surface area contributed by atoms with Crippen molar-refractivity contribution in [2.24, 2.45) is 0 Å². The molecule has 3 nitrogen and oxygen atoms in total. The van der Waals surface area contributed by atoms with Gasteiger partial charge in [-0.2, -0.15) is 0 Å². The molecule has 1 aliphatic rings. The second-order valence-corrected chi connectivity index (χ2v) is 4.80. The maximum Gasteiger partial charge on any atom is 0.282 e. The molecule has 1 aromatic carbocycles. The normalized spacial score (nSPS) is 18.6. The highest BCUT2D eigenvalue weighted by Gasteiger charge is 2.26. The van der Waals surface area contributed by atoms with Gasteiger partial charge < -0.3 is 10.2 Å². The van der Waals surface area contributed by atoms with Gasteiger partial charge in [0.1, 0.15) is 0 Å². The van der Waals surface area contributed by atoms with E-state index in [1.54, 1.807) is 0 Å². The summed E-state index contributed by atoms with van der Waals surface area (Å²) in [5, 5.41) is 2.98. The number of amides is 1. The first kappa shape index (κ1) is 12.1. The zero-order chi connectivity index (χ0) is 12.1. The Labute approximate surface area is 103 Å². The highest BCUT2D eigenvalue weighted by Crippen LogP contribution is 2.05. The SMILES string of the molecule is C[C@H](C(=O)Nc1ccccc1)[NH+]1CCCCC1. The first-order valence-corrected chi connectivity index (χ1v) is 6.48. The van der Waals surface area contributed by atoms with Crippen molar-refractivity contribution in [1.29, 1.82) is 0 Å². The number of nitrogens with one attached hydrogen (secondary N) is 2. The van der Waals surface area contributed by atoms with Crippen molar-refractivity contribution in [3.05, 3.63) is 30.3 Å². The summed E-state index contributed by atoms with van der Waals surface area (Å²) in [6.07, 6.45) is 3.81. The number of para-hydroxylation sites is 1. The maximum absolute atomic E-state index is 12.1. The number of carbonyl (C=O) groups is 1. The molecular formula is C14H21N2O+. The smallest absolute Gasteiger partial charge is 0.282 e. The van der Waals surface area contributed by atoms with Crippen LogP contribution in [0.1, 0.15) is 26.2 Å². The Morgan fingerprint density at radius 3 is 2.47 bits per heavy atom. The second-order valence-electron chi connectivity index (χ2n) is 4.80. The van der Waals surface area contributed by atoms with Gasteiger partial charge in [-0.3, -0.25) is 4.79 Å². The summed E-state index contributed by atoms with van der Waals surface area (Å²) in [4.78, 5) is 13.5. The monoisotopic (exact) mass is 233 g/mol. The van der Waals surface area contributed by atoms with Crippen LogP contribution >= 0.6 is 0 Å². The molecule has 1 amide bonds. The quantitative estimate of drug-likeness (QED) is 0.805. The van der Waals surface area contributed by atoms with Crippen LogP contribution in [-0.4, -0.2) is 25.0 Å². The van der Waals surface area contributed by atoms with Crippen LogP contribution in [0.4, 0.5) is 5.69 Å². The Morgan fingerprint density at radius 2 is 1.82 bits per heavy atom. The average Bonchev–Trinajstić information content (AvgIpc) is 2.40. The van der Waals surface area contributed by atoms with Crippen LogP contribution in [0.15, 0.2) is 30.3 Å². The minimum atomic E-state index is 0.0514. The third-order valence-corrected chi connectivity index (χ3v) is 3.54. The van der Waals surface area contributed by atoms with Gasteiger partial charge in [-0.05, 0) is 38.3 Å². The van der Waals surface area contributed by atoms with E-state index < -0.39 is 0 Å². The van der Waals surface area contributed by atoms with Gasteiger partial charge in [0.25, 0.3) is 5.91 Å². The fourth-order valence-electron chi connectivity index (χ4n) is 2.40. The van der Waals surface area contributed by atoms with Crippen molar-refractivity contribution >= 4 is 11.6 Å². The summed E-state index contributed by atoms with van der Waals surface area (Å²) in [6, 6.07) is 9.74. The van der Waals surface area contributed by atoms with Crippen molar-refractivity contribution < 1.29 is 9.69 Å². The van der Waals surface area contributed by atoms with Gasteiger partial charge in [0.15, 0.2) is 6.04 Å². The Hall–Kier alpha value is -1.35. The Balaban J connectivity index is 1.90. The van der Waals surface area contributed by atoms with Crippen molar-refractivity contribution in [3.63, 3.8) is 0 Å². The number of anilines is 1. The number of benzene rings is 1. The summed E-state index contributed by atoms with van der Waals surface area (Å²) in [5.41, 5.74) is 0.890. The van der Waals surface area contributed by atoms with Gasteiger partial charge in [-0.25, -0.2) is 0 Å². The van der Waals surface area contributed by atoms with Gasteiger partial charge in [-0.1, -0.05) is 18.2 Å². The summed E-state index contributed by atoms with van der Waals surface area (Å²) in [7, 11) is 0. The Morgan fingerprint density at radius 1 is 1.18 bits per heavy atom. The topological polar surface area (TPSA) is 33.5 Å². The molecule has 0 aromatic heterocycles.